The number of nitrogens with two attached hydrogens (primary N) is 1. The summed E-state index contributed by atoms with van der Waals surface area (Å²) in [4.78, 5) is 4.81. The van der Waals surface area contributed by atoms with E-state index in [-0.39, 0.29) is 11.9 Å². The fourth-order valence-electron chi connectivity index (χ4n) is 1.41. The lowest BCUT2D eigenvalue weighted by molar-refractivity contribution is 0.601. The molecule has 2 heterocycles. The van der Waals surface area contributed by atoms with Crippen molar-refractivity contribution in [2.24, 2.45) is 5.84 Å². The van der Waals surface area contributed by atoms with Gasteiger partial charge in [0.15, 0.2) is 0 Å². The third-order valence-corrected chi connectivity index (χ3v) is 3.79. The first-order valence-electron chi connectivity index (χ1n) is 4.52. The van der Waals surface area contributed by atoms with Crippen molar-refractivity contribution < 1.29 is 4.39 Å². The van der Waals surface area contributed by atoms with Crippen LogP contribution in [0.1, 0.15) is 16.5 Å². The molecule has 0 aliphatic heterocycles. The van der Waals surface area contributed by atoms with Crippen LogP contribution in [0.3, 0.4) is 0 Å². The Morgan fingerprint density at radius 1 is 1.44 bits per heavy atom. The third kappa shape index (κ3) is 2.46. The van der Waals surface area contributed by atoms with Gasteiger partial charge >= 0.3 is 0 Å². The van der Waals surface area contributed by atoms with Crippen molar-refractivity contribution in [1.29, 1.82) is 0 Å². The average molecular weight is 302 g/mol. The summed E-state index contributed by atoms with van der Waals surface area (Å²) in [5.41, 5.74) is 3.36. The lowest BCUT2D eigenvalue weighted by Gasteiger charge is -2.13. The van der Waals surface area contributed by atoms with Crippen LogP contribution in [0.4, 0.5) is 4.39 Å². The van der Waals surface area contributed by atoms with Gasteiger partial charge in [0.25, 0.3) is 0 Å². The van der Waals surface area contributed by atoms with Gasteiger partial charge in [-0.2, -0.15) is 0 Å². The number of halogens is 2. The summed E-state index contributed by atoms with van der Waals surface area (Å²) in [5.74, 6) is 5.12. The summed E-state index contributed by atoms with van der Waals surface area (Å²) in [6.45, 7) is 0. The number of hydrogen-bond acceptors (Lipinski definition) is 4. The topological polar surface area (TPSA) is 50.9 Å². The van der Waals surface area contributed by atoms with Crippen molar-refractivity contribution in [3.8, 4) is 0 Å². The Kier molecular flexibility index (Phi) is 3.65. The number of hydrazine groups is 1. The van der Waals surface area contributed by atoms with Gasteiger partial charge in [0, 0.05) is 11.1 Å². The van der Waals surface area contributed by atoms with Crippen molar-refractivity contribution in [1.82, 2.24) is 10.4 Å². The molecule has 3 N–H and O–H groups in total. The monoisotopic (exact) mass is 301 g/mol. The van der Waals surface area contributed by atoms with Crippen LogP contribution in [0.25, 0.3) is 0 Å². The molecule has 0 aromatic carbocycles. The highest BCUT2D eigenvalue weighted by Crippen LogP contribution is 2.30. The van der Waals surface area contributed by atoms with E-state index in [0.29, 0.717) is 5.56 Å². The number of rotatable bonds is 3. The Hall–Kier alpha value is -0.820. The molecule has 2 rings (SSSR count). The smallest absolute Gasteiger partial charge is 0.141 e. The molecule has 0 saturated heterocycles. The maximum absolute atomic E-state index is 13.0. The molecule has 16 heavy (non-hydrogen) atoms. The molecular weight excluding hydrogens is 293 g/mol. The van der Waals surface area contributed by atoms with Gasteiger partial charge in [-0.25, -0.2) is 9.82 Å². The Balaban J connectivity index is 2.36. The van der Waals surface area contributed by atoms with Gasteiger partial charge in [0.2, 0.25) is 0 Å². The van der Waals surface area contributed by atoms with E-state index in [2.05, 4.69) is 26.3 Å². The zero-order valence-corrected chi connectivity index (χ0v) is 10.6. The molecule has 0 radical (unpaired) electrons. The van der Waals surface area contributed by atoms with E-state index in [4.69, 9.17) is 5.84 Å². The zero-order chi connectivity index (χ0) is 11.5. The second-order valence-electron chi connectivity index (χ2n) is 3.18. The molecule has 0 bridgehead atoms. The van der Waals surface area contributed by atoms with Gasteiger partial charge in [-0.15, -0.1) is 11.3 Å². The van der Waals surface area contributed by atoms with Crippen molar-refractivity contribution in [2.75, 3.05) is 0 Å². The van der Waals surface area contributed by atoms with E-state index in [1.165, 1.54) is 12.3 Å². The minimum absolute atomic E-state index is 0.237. The molecule has 3 nitrogen and oxygen atoms in total. The van der Waals surface area contributed by atoms with Crippen LogP contribution in [-0.2, 0) is 0 Å². The molecule has 0 amide bonds. The second kappa shape index (κ2) is 5.01. The predicted octanol–water partition coefficient (Wildman–Crippen LogP) is 2.60. The molecule has 0 spiro atoms. The number of aromatic nitrogens is 1. The van der Waals surface area contributed by atoms with Gasteiger partial charge in [-0.05, 0) is 39.7 Å². The van der Waals surface area contributed by atoms with E-state index < -0.39 is 0 Å². The minimum atomic E-state index is -0.367. The number of thiophene rings is 1. The van der Waals surface area contributed by atoms with Gasteiger partial charge in [0.1, 0.15) is 5.82 Å². The Morgan fingerprint density at radius 2 is 2.25 bits per heavy atom. The minimum Gasteiger partial charge on any atom is -0.271 e. The van der Waals surface area contributed by atoms with Crippen LogP contribution in [0.5, 0.6) is 0 Å². The molecule has 1 unspecified atom stereocenters. The molecule has 2 aromatic heterocycles. The molecular formula is C10H9BrFN3S. The largest absolute Gasteiger partial charge is 0.271 e. The van der Waals surface area contributed by atoms with Crippen LogP contribution >= 0.6 is 27.3 Å². The van der Waals surface area contributed by atoms with Crippen LogP contribution in [0.2, 0.25) is 0 Å². The summed E-state index contributed by atoms with van der Waals surface area (Å²) in [7, 11) is 0. The number of hydrogen-bond donors (Lipinski definition) is 2. The second-order valence-corrected chi connectivity index (χ2v) is 5.67. The molecule has 0 fully saturated rings. The normalized spacial score (nSPS) is 12.7. The average Bonchev–Trinajstić information content (AvgIpc) is 2.66. The van der Waals surface area contributed by atoms with Gasteiger partial charge in [-0.1, -0.05) is 0 Å². The van der Waals surface area contributed by atoms with Crippen LogP contribution in [0.15, 0.2) is 34.4 Å². The van der Waals surface area contributed by atoms with Crippen molar-refractivity contribution in [3.63, 3.8) is 0 Å². The van der Waals surface area contributed by atoms with Crippen molar-refractivity contribution in [2.45, 2.75) is 6.04 Å². The standard InChI is InChI=1S/C10H9BrFN3S/c11-9-2-1-8(16-9)10(15-13)6-3-7(12)5-14-4-6/h1-5,10,15H,13H2. The summed E-state index contributed by atoms with van der Waals surface area (Å²) in [5, 5.41) is 0. The Morgan fingerprint density at radius 3 is 2.81 bits per heavy atom. The zero-order valence-electron chi connectivity index (χ0n) is 8.15. The molecule has 0 saturated carbocycles. The number of pyridine rings is 1. The van der Waals surface area contributed by atoms with Gasteiger partial charge < -0.3 is 0 Å². The van der Waals surface area contributed by atoms with Crippen LogP contribution in [0, 0.1) is 5.82 Å². The summed E-state index contributed by atoms with van der Waals surface area (Å²) in [6.07, 6.45) is 2.77. The first kappa shape index (κ1) is 11.7. The fraction of sp³-hybridized carbons (Fsp3) is 0.100. The summed E-state index contributed by atoms with van der Waals surface area (Å²) in [6, 6.07) is 5.05. The molecule has 1 atom stereocenters. The van der Waals surface area contributed by atoms with E-state index in [1.54, 1.807) is 17.5 Å². The number of nitrogens with zero attached hydrogens (tertiary/aromatic N) is 1. The van der Waals surface area contributed by atoms with Crippen molar-refractivity contribution >= 4 is 27.3 Å². The van der Waals surface area contributed by atoms with Crippen molar-refractivity contribution in [3.05, 3.63) is 50.6 Å². The highest BCUT2D eigenvalue weighted by Gasteiger charge is 2.15. The molecule has 6 heteroatoms. The third-order valence-electron chi connectivity index (χ3n) is 2.10. The van der Waals surface area contributed by atoms with Gasteiger partial charge in [-0.3, -0.25) is 10.8 Å². The lowest BCUT2D eigenvalue weighted by atomic mass is 10.1. The highest BCUT2D eigenvalue weighted by atomic mass is 79.9. The quantitative estimate of drug-likeness (QED) is 0.677. The first-order chi connectivity index (χ1) is 7.70. The van der Waals surface area contributed by atoms with E-state index in [1.807, 2.05) is 12.1 Å². The van der Waals surface area contributed by atoms with Gasteiger partial charge in [0.05, 0.1) is 16.0 Å². The Labute approximate surface area is 105 Å². The maximum Gasteiger partial charge on any atom is 0.141 e. The maximum atomic E-state index is 13.0. The predicted molar refractivity (Wildman–Crippen MR) is 65.4 cm³/mol. The SMILES string of the molecule is NNC(c1cncc(F)c1)c1ccc(Br)s1. The van der Waals surface area contributed by atoms with E-state index in [0.717, 1.165) is 8.66 Å². The summed E-state index contributed by atoms with van der Waals surface area (Å²) >= 11 is 4.92. The molecule has 84 valence electrons. The Bertz CT molecular complexity index is 488. The molecule has 0 aliphatic carbocycles. The van der Waals surface area contributed by atoms with Crippen LogP contribution in [-0.4, -0.2) is 4.98 Å². The van der Waals surface area contributed by atoms with Crippen LogP contribution < -0.4 is 11.3 Å². The number of nitrogens with one attached hydrogen (secondary N) is 1. The highest BCUT2D eigenvalue weighted by molar-refractivity contribution is 9.11. The van der Waals surface area contributed by atoms with E-state index in [9.17, 15) is 4.39 Å². The van der Waals surface area contributed by atoms with E-state index >= 15 is 0 Å². The lowest BCUT2D eigenvalue weighted by Crippen LogP contribution is -2.28. The fourth-order valence-corrected chi connectivity index (χ4v) is 2.92. The molecule has 2 aromatic rings. The molecule has 0 aliphatic rings. The first-order valence-corrected chi connectivity index (χ1v) is 6.13. The summed E-state index contributed by atoms with van der Waals surface area (Å²) < 4.78 is 14.1.